The average Bonchev–Trinajstić information content (AvgIpc) is 3.18. The Balaban J connectivity index is 1.19. The molecule has 2 N–H and O–H groups in total. The summed E-state index contributed by atoms with van der Waals surface area (Å²) in [6, 6.07) is 13.8. The number of ether oxygens (including phenoxy) is 2. The van der Waals surface area contributed by atoms with Crippen LogP contribution in [0.5, 0.6) is 11.5 Å². The SMILES string of the molecule is Cc1ccc(C2(O)CCN(CCNC(=O)Cc3ccc4c(c3)OCO4)CC2)cc1. The predicted octanol–water partition coefficient (Wildman–Crippen LogP) is 2.37. The zero-order valence-electron chi connectivity index (χ0n) is 16.8. The number of rotatable bonds is 6. The first-order chi connectivity index (χ1) is 14.0. The highest BCUT2D eigenvalue weighted by Crippen LogP contribution is 2.33. The van der Waals surface area contributed by atoms with Gasteiger partial charge in [0.05, 0.1) is 12.0 Å². The number of aliphatic hydroxyl groups is 1. The summed E-state index contributed by atoms with van der Waals surface area (Å²) in [6.07, 6.45) is 1.74. The molecule has 1 fully saturated rings. The van der Waals surface area contributed by atoms with Crippen LogP contribution in [0.2, 0.25) is 0 Å². The first-order valence-electron chi connectivity index (χ1n) is 10.2. The minimum atomic E-state index is -0.743. The van der Waals surface area contributed by atoms with Gasteiger partial charge in [-0.3, -0.25) is 4.79 Å². The second-order valence-electron chi connectivity index (χ2n) is 7.95. The molecule has 154 valence electrons. The van der Waals surface area contributed by atoms with Crippen molar-refractivity contribution in [3.05, 3.63) is 59.2 Å². The summed E-state index contributed by atoms with van der Waals surface area (Å²) in [4.78, 5) is 14.5. The fraction of sp³-hybridized carbons (Fsp3) is 0.435. The molecule has 0 spiro atoms. The first-order valence-corrected chi connectivity index (χ1v) is 10.2. The van der Waals surface area contributed by atoms with Gasteiger partial charge < -0.3 is 24.8 Å². The number of nitrogens with one attached hydrogen (secondary N) is 1. The molecule has 1 saturated heterocycles. The standard InChI is InChI=1S/C23H28N2O4/c1-17-2-5-19(6-3-17)23(27)8-11-25(12-9-23)13-10-24-22(26)15-18-4-7-20-21(14-18)29-16-28-20/h2-7,14,27H,8-13,15-16H2,1H3,(H,24,26). The van der Waals surface area contributed by atoms with Gasteiger partial charge in [-0.25, -0.2) is 0 Å². The van der Waals surface area contributed by atoms with Gasteiger partial charge in [0, 0.05) is 26.2 Å². The summed E-state index contributed by atoms with van der Waals surface area (Å²) in [5.41, 5.74) is 2.37. The molecule has 0 bridgehead atoms. The molecular formula is C23H28N2O4. The lowest BCUT2D eigenvalue weighted by molar-refractivity contribution is -0.120. The summed E-state index contributed by atoms with van der Waals surface area (Å²) in [5.74, 6) is 1.42. The van der Waals surface area contributed by atoms with E-state index in [1.165, 1.54) is 5.56 Å². The Kier molecular flexibility index (Phi) is 5.74. The zero-order valence-corrected chi connectivity index (χ0v) is 16.8. The van der Waals surface area contributed by atoms with Gasteiger partial charge in [-0.05, 0) is 43.0 Å². The molecule has 0 aromatic heterocycles. The number of fused-ring (bicyclic) bond motifs is 1. The lowest BCUT2D eigenvalue weighted by Crippen LogP contribution is -2.45. The number of aryl methyl sites for hydroxylation is 1. The molecule has 29 heavy (non-hydrogen) atoms. The third kappa shape index (κ3) is 4.71. The van der Waals surface area contributed by atoms with Crippen LogP contribution in [0, 0.1) is 6.92 Å². The van der Waals surface area contributed by atoms with Crippen LogP contribution in [0.4, 0.5) is 0 Å². The van der Waals surface area contributed by atoms with E-state index in [0.717, 1.165) is 36.5 Å². The summed E-state index contributed by atoms with van der Waals surface area (Å²) >= 11 is 0. The van der Waals surface area contributed by atoms with Crippen molar-refractivity contribution < 1.29 is 19.4 Å². The van der Waals surface area contributed by atoms with E-state index in [-0.39, 0.29) is 12.7 Å². The number of hydrogen-bond acceptors (Lipinski definition) is 5. The predicted molar refractivity (Wildman–Crippen MR) is 110 cm³/mol. The van der Waals surface area contributed by atoms with E-state index in [9.17, 15) is 9.90 Å². The van der Waals surface area contributed by atoms with E-state index in [0.29, 0.717) is 31.6 Å². The van der Waals surface area contributed by atoms with Crippen molar-refractivity contribution in [2.75, 3.05) is 33.0 Å². The lowest BCUT2D eigenvalue weighted by atomic mass is 9.84. The second kappa shape index (κ2) is 8.43. The van der Waals surface area contributed by atoms with E-state index in [4.69, 9.17) is 9.47 Å². The van der Waals surface area contributed by atoms with Crippen LogP contribution in [0.15, 0.2) is 42.5 Å². The maximum absolute atomic E-state index is 12.2. The smallest absolute Gasteiger partial charge is 0.231 e. The molecule has 2 aromatic carbocycles. The normalized spacial score (nSPS) is 17.9. The zero-order chi connectivity index (χ0) is 20.3. The molecule has 4 rings (SSSR count). The summed E-state index contributed by atoms with van der Waals surface area (Å²) in [7, 11) is 0. The van der Waals surface area contributed by atoms with Crippen LogP contribution in [0.1, 0.15) is 29.5 Å². The molecule has 2 aliphatic heterocycles. The number of hydrogen-bond donors (Lipinski definition) is 2. The van der Waals surface area contributed by atoms with Gasteiger partial charge in [-0.15, -0.1) is 0 Å². The molecule has 0 aliphatic carbocycles. The molecule has 0 saturated carbocycles. The van der Waals surface area contributed by atoms with Gasteiger partial charge in [0.2, 0.25) is 12.7 Å². The number of nitrogens with zero attached hydrogens (tertiary/aromatic N) is 1. The van der Waals surface area contributed by atoms with Crippen LogP contribution < -0.4 is 14.8 Å². The summed E-state index contributed by atoms with van der Waals surface area (Å²) in [6.45, 7) is 5.32. The summed E-state index contributed by atoms with van der Waals surface area (Å²) in [5, 5.41) is 14.0. The Morgan fingerprint density at radius 1 is 1.10 bits per heavy atom. The van der Waals surface area contributed by atoms with Crippen LogP contribution in [-0.2, 0) is 16.8 Å². The van der Waals surface area contributed by atoms with Crippen LogP contribution in [0.3, 0.4) is 0 Å². The van der Waals surface area contributed by atoms with E-state index in [1.807, 2.05) is 30.3 Å². The first kappa shape index (κ1) is 19.7. The molecule has 6 heteroatoms. The van der Waals surface area contributed by atoms with Crippen molar-refractivity contribution in [2.24, 2.45) is 0 Å². The maximum Gasteiger partial charge on any atom is 0.231 e. The number of amides is 1. The monoisotopic (exact) mass is 396 g/mol. The minimum absolute atomic E-state index is 0.00275. The highest BCUT2D eigenvalue weighted by Gasteiger charge is 2.33. The molecular weight excluding hydrogens is 368 g/mol. The Hall–Kier alpha value is -2.57. The average molecular weight is 396 g/mol. The second-order valence-corrected chi connectivity index (χ2v) is 7.95. The van der Waals surface area contributed by atoms with Crippen molar-refractivity contribution in [2.45, 2.75) is 31.8 Å². The van der Waals surface area contributed by atoms with Crippen LogP contribution in [-0.4, -0.2) is 48.9 Å². The van der Waals surface area contributed by atoms with Gasteiger partial charge in [0.25, 0.3) is 0 Å². The van der Waals surface area contributed by atoms with E-state index in [2.05, 4.69) is 29.3 Å². The molecule has 2 aliphatic rings. The maximum atomic E-state index is 12.2. The molecule has 0 atom stereocenters. The van der Waals surface area contributed by atoms with Gasteiger partial charge in [0.15, 0.2) is 11.5 Å². The van der Waals surface area contributed by atoms with Crippen molar-refractivity contribution in [3.8, 4) is 11.5 Å². The van der Waals surface area contributed by atoms with Crippen molar-refractivity contribution in [1.29, 1.82) is 0 Å². The Morgan fingerprint density at radius 2 is 1.83 bits per heavy atom. The highest BCUT2D eigenvalue weighted by molar-refractivity contribution is 5.78. The number of carbonyl (C=O) groups excluding carboxylic acids is 1. The molecule has 2 heterocycles. The fourth-order valence-electron chi connectivity index (χ4n) is 3.95. The number of carbonyl (C=O) groups is 1. The topological polar surface area (TPSA) is 71.0 Å². The van der Waals surface area contributed by atoms with Crippen molar-refractivity contribution >= 4 is 5.91 Å². The minimum Gasteiger partial charge on any atom is -0.454 e. The van der Waals surface area contributed by atoms with Gasteiger partial charge in [-0.2, -0.15) is 0 Å². The molecule has 0 unspecified atom stereocenters. The van der Waals surface area contributed by atoms with Crippen LogP contribution in [0.25, 0.3) is 0 Å². The van der Waals surface area contributed by atoms with E-state index >= 15 is 0 Å². The third-order valence-electron chi connectivity index (χ3n) is 5.82. The number of piperidine rings is 1. The Morgan fingerprint density at radius 3 is 2.59 bits per heavy atom. The molecule has 0 radical (unpaired) electrons. The fourth-order valence-corrected chi connectivity index (χ4v) is 3.95. The quantitative estimate of drug-likeness (QED) is 0.785. The Labute approximate surface area is 171 Å². The Bertz CT molecular complexity index is 858. The highest BCUT2D eigenvalue weighted by atomic mass is 16.7. The summed E-state index contributed by atoms with van der Waals surface area (Å²) < 4.78 is 10.6. The van der Waals surface area contributed by atoms with Gasteiger partial charge >= 0.3 is 0 Å². The third-order valence-corrected chi connectivity index (χ3v) is 5.82. The lowest BCUT2D eigenvalue weighted by Gasteiger charge is -2.38. The van der Waals surface area contributed by atoms with Gasteiger partial charge in [0.1, 0.15) is 0 Å². The largest absolute Gasteiger partial charge is 0.454 e. The molecule has 2 aromatic rings. The number of benzene rings is 2. The number of likely N-dealkylation sites (tertiary alicyclic amines) is 1. The molecule has 1 amide bonds. The van der Waals surface area contributed by atoms with Crippen LogP contribution >= 0.6 is 0 Å². The van der Waals surface area contributed by atoms with Crippen molar-refractivity contribution in [3.63, 3.8) is 0 Å². The van der Waals surface area contributed by atoms with E-state index < -0.39 is 5.60 Å². The van der Waals surface area contributed by atoms with E-state index in [1.54, 1.807) is 0 Å². The molecule has 6 nitrogen and oxygen atoms in total. The van der Waals surface area contributed by atoms with Crippen molar-refractivity contribution in [1.82, 2.24) is 10.2 Å². The van der Waals surface area contributed by atoms with Gasteiger partial charge in [-0.1, -0.05) is 35.9 Å².